The molecule has 1 aromatic rings. The van der Waals surface area contributed by atoms with E-state index in [0.29, 0.717) is 12.5 Å². The van der Waals surface area contributed by atoms with Gasteiger partial charge < -0.3 is 15.4 Å². The lowest BCUT2D eigenvalue weighted by Gasteiger charge is -2.13. The van der Waals surface area contributed by atoms with Crippen LogP contribution in [0.25, 0.3) is 0 Å². The molecule has 106 valence electrons. The summed E-state index contributed by atoms with van der Waals surface area (Å²) >= 11 is 0. The molecule has 0 aromatic carbocycles. The number of amides is 1. The number of hydrogen-bond acceptors (Lipinski definition) is 3. The third-order valence-electron chi connectivity index (χ3n) is 2.51. The average molecular weight is 278 g/mol. The van der Waals surface area contributed by atoms with E-state index in [2.05, 4.69) is 5.32 Å². The second kappa shape index (κ2) is 5.87. The van der Waals surface area contributed by atoms with Crippen LogP contribution in [0.1, 0.15) is 29.4 Å². The minimum absolute atomic E-state index is 0.319. The molecule has 0 aliphatic carbocycles. The predicted molar refractivity (Wildman–Crippen MR) is 60.7 cm³/mol. The van der Waals surface area contributed by atoms with Gasteiger partial charge in [-0.05, 0) is 18.6 Å². The summed E-state index contributed by atoms with van der Waals surface area (Å²) in [5.41, 5.74) is -2.77. The smallest absolute Gasteiger partial charge is 0.394 e. The Labute approximate surface area is 106 Å². The molecule has 19 heavy (non-hydrogen) atoms. The van der Waals surface area contributed by atoms with Crippen molar-refractivity contribution in [3.8, 4) is 0 Å². The molecule has 1 rings (SSSR count). The number of hydrogen-bond donors (Lipinski definition) is 3. The van der Waals surface area contributed by atoms with Crippen LogP contribution in [0.15, 0.2) is 16.9 Å². The Morgan fingerprint density at radius 3 is 2.53 bits per heavy atom. The Hall–Kier alpha value is -1.83. The zero-order valence-electron chi connectivity index (χ0n) is 10.0. The van der Waals surface area contributed by atoms with E-state index in [1.165, 1.54) is 0 Å². The lowest BCUT2D eigenvalue weighted by Crippen LogP contribution is -2.39. The van der Waals surface area contributed by atoms with Gasteiger partial charge in [0, 0.05) is 0 Å². The highest BCUT2D eigenvalue weighted by molar-refractivity contribution is 5.94. The summed E-state index contributed by atoms with van der Waals surface area (Å²) < 4.78 is 36.9. The first-order valence-corrected chi connectivity index (χ1v) is 5.51. The van der Waals surface area contributed by atoms with Crippen LogP contribution in [0.4, 0.5) is 13.2 Å². The molecular weight excluding hydrogens is 265 g/mol. The highest BCUT2D eigenvalue weighted by Crippen LogP contribution is 2.26. The molecule has 0 spiro atoms. The molecule has 0 bridgehead atoms. The molecular formula is C11H13F3N2O3. The third-order valence-corrected chi connectivity index (χ3v) is 2.51. The molecule has 1 aromatic heterocycles. The van der Waals surface area contributed by atoms with E-state index >= 15 is 0 Å². The number of carbonyl (C=O) groups is 1. The first kappa shape index (κ1) is 15.2. The molecule has 1 unspecified atom stereocenters. The summed E-state index contributed by atoms with van der Waals surface area (Å²) in [6.45, 7) is 1.39. The minimum atomic E-state index is -4.68. The van der Waals surface area contributed by atoms with Gasteiger partial charge in [0.2, 0.25) is 0 Å². The van der Waals surface area contributed by atoms with Gasteiger partial charge in [-0.25, -0.2) is 0 Å². The number of rotatable bonds is 4. The Kier molecular flexibility index (Phi) is 4.71. The van der Waals surface area contributed by atoms with Crippen LogP contribution in [0.3, 0.4) is 0 Å². The zero-order valence-corrected chi connectivity index (χ0v) is 10.0. The monoisotopic (exact) mass is 278 g/mol. The highest BCUT2D eigenvalue weighted by Gasteiger charge is 2.32. The SMILES string of the molecule is CCC(CO)NC(=O)c1ccc(C(F)(F)F)[nH]c1=O. The normalized spacial score (nSPS) is 13.1. The average Bonchev–Trinajstić information content (AvgIpc) is 2.34. The van der Waals surface area contributed by atoms with Crippen LogP contribution in [0, 0.1) is 0 Å². The molecule has 1 atom stereocenters. The molecule has 5 nitrogen and oxygen atoms in total. The topological polar surface area (TPSA) is 82.2 Å². The van der Waals surface area contributed by atoms with Crippen molar-refractivity contribution in [3.05, 3.63) is 33.7 Å². The number of H-pyrrole nitrogens is 1. The van der Waals surface area contributed by atoms with E-state index < -0.39 is 34.9 Å². The molecule has 0 fully saturated rings. The number of halogens is 3. The van der Waals surface area contributed by atoms with Gasteiger partial charge in [-0.2, -0.15) is 13.2 Å². The summed E-state index contributed by atoms with van der Waals surface area (Å²) in [4.78, 5) is 24.6. The van der Waals surface area contributed by atoms with Crippen molar-refractivity contribution in [1.29, 1.82) is 0 Å². The third kappa shape index (κ3) is 3.82. The van der Waals surface area contributed by atoms with Crippen LogP contribution < -0.4 is 10.9 Å². The Morgan fingerprint density at radius 1 is 1.47 bits per heavy atom. The van der Waals surface area contributed by atoms with Gasteiger partial charge in [0.1, 0.15) is 11.3 Å². The number of aromatic amines is 1. The second-order valence-corrected chi connectivity index (χ2v) is 3.87. The van der Waals surface area contributed by atoms with Crippen molar-refractivity contribution in [1.82, 2.24) is 10.3 Å². The summed E-state index contributed by atoms with van der Waals surface area (Å²) in [6, 6.07) is 0.881. The van der Waals surface area contributed by atoms with Crippen LogP contribution in [0.5, 0.6) is 0 Å². The fourth-order valence-corrected chi connectivity index (χ4v) is 1.36. The first-order chi connectivity index (χ1) is 8.79. The maximum atomic E-state index is 12.3. The summed E-state index contributed by atoms with van der Waals surface area (Å²) in [5.74, 6) is -0.823. The first-order valence-electron chi connectivity index (χ1n) is 5.51. The van der Waals surface area contributed by atoms with Crippen LogP contribution in [-0.2, 0) is 6.18 Å². The van der Waals surface area contributed by atoms with Crippen molar-refractivity contribution in [2.75, 3.05) is 6.61 Å². The van der Waals surface area contributed by atoms with E-state index in [1.54, 1.807) is 11.9 Å². The van der Waals surface area contributed by atoms with E-state index in [9.17, 15) is 22.8 Å². The number of aliphatic hydroxyl groups excluding tert-OH is 1. The van der Waals surface area contributed by atoms with Crippen molar-refractivity contribution in [2.24, 2.45) is 0 Å². The van der Waals surface area contributed by atoms with E-state index in [-0.39, 0.29) is 6.61 Å². The molecule has 0 radical (unpaired) electrons. The van der Waals surface area contributed by atoms with Crippen LogP contribution in [0.2, 0.25) is 0 Å². The van der Waals surface area contributed by atoms with Crippen molar-refractivity contribution in [2.45, 2.75) is 25.6 Å². The van der Waals surface area contributed by atoms with Crippen LogP contribution in [-0.4, -0.2) is 28.6 Å². The Bertz CT molecular complexity index is 507. The number of pyridine rings is 1. The van der Waals surface area contributed by atoms with Gasteiger partial charge in [-0.15, -0.1) is 0 Å². The maximum absolute atomic E-state index is 12.3. The van der Waals surface area contributed by atoms with E-state index in [1.807, 2.05) is 0 Å². The lowest BCUT2D eigenvalue weighted by molar-refractivity contribution is -0.141. The Balaban J connectivity index is 2.97. The number of alkyl halides is 3. The number of nitrogens with one attached hydrogen (secondary N) is 2. The molecule has 1 heterocycles. The second-order valence-electron chi connectivity index (χ2n) is 3.87. The van der Waals surface area contributed by atoms with Gasteiger partial charge in [-0.1, -0.05) is 6.92 Å². The van der Waals surface area contributed by atoms with Crippen molar-refractivity contribution < 1.29 is 23.1 Å². The van der Waals surface area contributed by atoms with Gasteiger partial charge in [0.05, 0.1) is 12.6 Å². The fraction of sp³-hybridized carbons (Fsp3) is 0.455. The largest absolute Gasteiger partial charge is 0.431 e. The van der Waals surface area contributed by atoms with Crippen molar-refractivity contribution in [3.63, 3.8) is 0 Å². The van der Waals surface area contributed by atoms with E-state index in [0.717, 1.165) is 6.07 Å². The molecule has 0 aliphatic rings. The van der Waals surface area contributed by atoms with Crippen molar-refractivity contribution >= 4 is 5.91 Å². The van der Waals surface area contributed by atoms with E-state index in [4.69, 9.17) is 5.11 Å². The standard InChI is InChI=1S/C11H13F3N2O3/c1-2-6(5-17)15-9(18)7-3-4-8(11(12,13)14)16-10(7)19/h3-4,6,17H,2,5H2,1H3,(H,15,18)(H,16,19). The minimum Gasteiger partial charge on any atom is -0.394 e. The fourth-order valence-electron chi connectivity index (χ4n) is 1.36. The number of aromatic nitrogens is 1. The molecule has 0 saturated heterocycles. The van der Waals surface area contributed by atoms with Crippen LogP contribution >= 0.6 is 0 Å². The van der Waals surface area contributed by atoms with Gasteiger partial charge in [0.25, 0.3) is 11.5 Å². The van der Waals surface area contributed by atoms with Gasteiger partial charge in [-0.3, -0.25) is 9.59 Å². The summed E-state index contributed by atoms with van der Waals surface area (Å²) in [6.07, 6.45) is -4.24. The summed E-state index contributed by atoms with van der Waals surface area (Å²) in [5, 5.41) is 11.2. The number of aliphatic hydroxyl groups is 1. The maximum Gasteiger partial charge on any atom is 0.431 e. The Morgan fingerprint density at radius 2 is 2.11 bits per heavy atom. The lowest BCUT2D eigenvalue weighted by atomic mass is 10.2. The van der Waals surface area contributed by atoms with Gasteiger partial charge in [0.15, 0.2) is 0 Å². The summed E-state index contributed by atoms with van der Waals surface area (Å²) in [7, 11) is 0. The molecule has 1 amide bonds. The quantitative estimate of drug-likeness (QED) is 0.765. The molecule has 0 saturated carbocycles. The highest BCUT2D eigenvalue weighted by atomic mass is 19.4. The predicted octanol–water partition coefficient (Wildman–Crippen LogP) is 0.894. The molecule has 8 heteroatoms. The molecule has 3 N–H and O–H groups in total. The van der Waals surface area contributed by atoms with Gasteiger partial charge >= 0.3 is 6.18 Å². The number of carbonyl (C=O) groups excluding carboxylic acids is 1. The zero-order chi connectivity index (χ0) is 14.6. The molecule has 0 aliphatic heterocycles.